The lowest BCUT2D eigenvalue weighted by Crippen LogP contribution is -2.36. The second-order valence-electron chi connectivity index (χ2n) is 6.87. The molecule has 0 saturated heterocycles. The van der Waals surface area contributed by atoms with Crippen molar-refractivity contribution < 1.29 is 9.59 Å². The molecular weight excluding hydrogens is 286 g/mol. The summed E-state index contributed by atoms with van der Waals surface area (Å²) in [7, 11) is 1.90. The van der Waals surface area contributed by atoms with E-state index in [0.717, 1.165) is 24.0 Å². The fourth-order valence-corrected chi connectivity index (χ4v) is 3.30. The molecule has 1 aromatic carbocycles. The van der Waals surface area contributed by atoms with Crippen LogP contribution in [0.5, 0.6) is 0 Å². The Bertz CT molecular complexity index is 557. The van der Waals surface area contributed by atoms with Gasteiger partial charge in [-0.3, -0.25) is 9.59 Å². The Labute approximate surface area is 140 Å². The average Bonchev–Trinajstić information content (AvgIpc) is 2.83. The van der Waals surface area contributed by atoms with Crippen LogP contribution in [-0.2, 0) is 4.79 Å². The zero-order valence-electron chi connectivity index (χ0n) is 14.7. The maximum Gasteiger partial charge on any atom is 0.223 e. The fraction of sp³-hybridized carbons (Fsp3) is 0.600. The Morgan fingerprint density at radius 2 is 1.65 bits per heavy atom. The first-order valence-electron chi connectivity index (χ1n) is 8.85. The standard InChI is InChI=1S/C20H29NO2/c1-15-10-11-17(14-16(15)2)19(22)12-13-20(23)21(3)18-8-6-4-5-7-9-18/h10-11,14,18H,4-9,12-13H2,1-3H3. The van der Waals surface area contributed by atoms with Crippen LogP contribution >= 0.6 is 0 Å². The highest BCUT2D eigenvalue weighted by atomic mass is 16.2. The van der Waals surface area contributed by atoms with Gasteiger partial charge < -0.3 is 4.90 Å². The van der Waals surface area contributed by atoms with Crippen molar-refractivity contribution >= 4 is 11.7 Å². The molecule has 1 aliphatic carbocycles. The third-order valence-corrected chi connectivity index (χ3v) is 5.16. The van der Waals surface area contributed by atoms with Crippen molar-refractivity contribution in [2.75, 3.05) is 7.05 Å². The van der Waals surface area contributed by atoms with Crippen LogP contribution in [-0.4, -0.2) is 29.7 Å². The molecule has 3 heteroatoms. The minimum absolute atomic E-state index is 0.0655. The summed E-state index contributed by atoms with van der Waals surface area (Å²) >= 11 is 0. The molecule has 0 N–H and O–H groups in total. The molecule has 0 spiro atoms. The molecule has 23 heavy (non-hydrogen) atoms. The van der Waals surface area contributed by atoms with Gasteiger partial charge in [0, 0.05) is 31.5 Å². The van der Waals surface area contributed by atoms with Crippen LogP contribution in [0.3, 0.4) is 0 Å². The van der Waals surface area contributed by atoms with Gasteiger partial charge in [-0.05, 0) is 43.9 Å². The quantitative estimate of drug-likeness (QED) is 0.595. The topological polar surface area (TPSA) is 37.4 Å². The van der Waals surface area contributed by atoms with E-state index < -0.39 is 0 Å². The van der Waals surface area contributed by atoms with E-state index in [4.69, 9.17) is 0 Å². The van der Waals surface area contributed by atoms with E-state index in [0.29, 0.717) is 18.9 Å². The largest absolute Gasteiger partial charge is 0.343 e. The molecule has 126 valence electrons. The Balaban J connectivity index is 1.87. The number of nitrogens with zero attached hydrogens (tertiary/aromatic N) is 1. The first-order valence-corrected chi connectivity index (χ1v) is 8.85. The molecule has 1 aromatic rings. The Morgan fingerprint density at radius 1 is 1.00 bits per heavy atom. The maximum absolute atomic E-state index is 12.4. The molecule has 2 rings (SSSR count). The van der Waals surface area contributed by atoms with Gasteiger partial charge in [-0.25, -0.2) is 0 Å². The van der Waals surface area contributed by atoms with Crippen molar-refractivity contribution in [3.8, 4) is 0 Å². The highest BCUT2D eigenvalue weighted by molar-refractivity contribution is 5.98. The van der Waals surface area contributed by atoms with E-state index in [1.807, 2.05) is 44.0 Å². The number of ketones is 1. The molecule has 0 atom stereocenters. The van der Waals surface area contributed by atoms with Crippen molar-refractivity contribution in [3.63, 3.8) is 0 Å². The summed E-state index contributed by atoms with van der Waals surface area (Å²) in [6, 6.07) is 6.13. The maximum atomic E-state index is 12.4. The van der Waals surface area contributed by atoms with Crippen LogP contribution < -0.4 is 0 Å². The molecule has 0 aliphatic heterocycles. The lowest BCUT2D eigenvalue weighted by molar-refractivity contribution is -0.132. The van der Waals surface area contributed by atoms with E-state index in [1.165, 1.54) is 31.2 Å². The molecule has 1 saturated carbocycles. The number of hydrogen-bond acceptors (Lipinski definition) is 2. The lowest BCUT2D eigenvalue weighted by atomic mass is 10.0. The molecule has 3 nitrogen and oxygen atoms in total. The molecule has 0 unspecified atom stereocenters. The van der Waals surface area contributed by atoms with Gasteiger partial charge in [-0.2, -0.15) is 0 Å². The number of Topliss-reactive ketones (excluding diaryl/α,β-unsaturated/α-hetero) is 1. The highest BCUT2D eigenvalue weighted by Crippen LogP contribution is 2.22. The first-order chi connectivity index (χ1) is 11.0. The Kier molecular flexibility index (Phi) is 6.37. The van der Waals surface area contributed by atoms with Gasteiger partial charge in [-0.15, -0.1) is 0 Å². The fourth-order valence-electron chi connectivity index (χ4n) is 3.30. The summed E-state index contributed by atoms with van der Waals surface area (Å²) in [5.74, 6) is 0.171. The first kappa shape index (κ1) is 17.7. The third-order valence-electron chi connectivity index (χ3n) is 5.16. The van der Waals surface area contributed by atoms with Crippen LogP contribution in [0.25, 0.3) is 0 Å². The predicted octanol–water partition coefficient (Wildman–Crippen LogP) is 4.45. The minimum Gasteiger partial charge on any atom is -0.343 e. The zero-order chi connectivity index (χ0) is 16.8. The van der Waals surface area contributed by atoms with E-state index in [2.05, 4.69) is 0 Å². The highest BCUT2D eigenvalue weighted by Gasteiger charge is 2.21. The summed E-state index contributed by atoms with van der Waals surface area (Å²) < 4.78 is 0. The van der Waals surface area contributed by atoms with Crippen LogP contribution in [0.15, 0.2) is 18.2 Å². The van der Waals surface area contributed by atoms with Crippen molar-refractivity contribution in [1.82, 2.24) is 4.90 Å². The van der Waals surface area contributed by atoms with Gasteiger partial charge in [0.25, 0.3) is 0 Å². The minimum atomic E-state index is 0.0655. The molecule has 1 amide bonds. The molecule has 0 heterocycles. The van der Waals surface area contributed by atoms with Gasteiger partial charge in [0.15, 0.2) is 5.78 Å². The van der Waals surface area contributed by atoms with Crippen LogP contribution in [0.4, 0.5) is 0 Å². The summed E-state index contributed by atoms with van der Waals surface area (Å²) in [5.41, 5.74) is 3.03. The number of rotatable bonds is 5. The number of aryl methyl sites for hydroxylation is 2. The van der Waals surface area contributed by atoms with E-state index >= 15 is 0 Å². The summed E-state index contributed by atoms with van der Waals surface area (Å²) in [6.45, 7) is 4.05. The Hall–Kier alpha value is -1.64. The third kappa shape index (κ3) is 4.92. The molecule has 0 bridgehead atoms. The van der Waals surface area contributed by atoms with Gasteiger partial charge in [0.2, 0.25) is 5.91 Å². The average molecular weight is 315 g/mol. The van der Waals surface area contributed by atoms with E-state index in [-0.39, 0.29) is 11.7 Å². The number of hydrogen-bond donors (Lipinski definition) is 0. The monoisotopic (exact) mass is 315 g/mol. The number of benzene rings is 1. The van der Waals surface area contributed by atoms with Crippen molar-refractivity contribution in [2.45, 2.75) is 71.3 Å². The summed E-state index contributed by atoms with van der Waals surface area (Å²) in [4.78, 5) is 26.6. The number of carbonyl (C=O) groups is 2. The second kappa shape index (κ2) is 8.28. The second-order valence-corrected chi connectivity index (χ2v) is 6.87. The molecule has 1 fully saturated rings. The van der Waals surface area contributed by atoms with Gasteiger partial charge in [0.05, 0.1) is 0 Å². The normalized spacial score (nSPS) is 16.0. The molecular formula is C20H29NO2. The van der Waals surface area contributed by atoms with Crippen molar-refractivity contribution in [1.29, 1.82) is 0 Å². The van der Waals surface area contributed by atoms with Gasteiger partial charge >= 0.3 is 0 Å². The molecule has 1 aliphatic rings. The lowest BCUT2D eigenvalue weighted by Gasteiger charge is -2.27. The van der Waals surface area contributed by atoms with Crippen LogP contribution in [0.2, 0.25) is 0 Å². The number of carbonyl (C=O) groups excluding carboxylic acids is 2. The van der Waals surface area contributed by atoms with Crippen molar-refractivity contribution in [2.24, 2.45) is 0 Å². The Morgan fingerprint density at radius 3 is 2.26 bits per heavy atom. The van der Waals surface area contributed by atoms with Gasteiger partial charge in [-0.1, -0.05) is 37.8 Å². The van der Waals surface area contributed by atoms with Gasteiger partial charge in [0.1, 0.15) is 0 Å². The van der Waals surface area contributed by atoms with Crippen molar-refractivity contribution in [3.05, 3.63) is 34.9 Å². The SMILES string of the molecule is Cc1ccc(C(=O)CCC(=O)N(C)C2CCCCCC2)cc1C. The van der Waals surface area contributed by atoms with Crippen LogP contribution in [0.1, 0.15) is 72.9 Å². The summed E-state index contributed by atoms with van der Waals surface area (Å²) in [6.07, 6.45) is 7.82. The smallest absolute Gasteiger partial charge is 0.223 e. The molecule has 0 aromatic heterocycles. The van der Waals surface area contributed by atoms with E-state index in [9.17, 15) is 9.59 Å². The van der Waals surface area contributed by atoms with Crippen LogP contribution in [0, 0.1) is 13.8 Å². The van der Waals surface area contributed by atoms with E-state index in [1.54, 1.807) is 0 Å². The summed E-state index contributed by atoms with van der Waals surface area (Å²) in [5, 5.41) is 0. The molecule has 0 radical (unpaired) electrons. The predicted molar refractivity (Wildman–Crippen MR) is 93.7 cm³/mol. The zero-order valence-corrected chi connectivity index (χ0v) is 14.7. The number of amides is 1.